The second-order valence-corrected chi connectivity index (χ2v) is 5.63. The molecule has 2 heterocycles. The number of carbonyl (C=O) groups is 1. The van der Waals surface area contributed by atoms with E-state index in [9.17, 15) is 4.79 Å². The van der Waals surface area contributed by atoms with Gasteiger partial charge >= 0.3 is 0 Å². The fraction of sp³-hybridized carbons (Fsp3) is 0.929. The summed E-state index contributed by atoms with van der Waals surface area (Å²) in [6.07, 6.45) is 6.69. The third-order valence-electron chi connectivity index (χ3n) is 4.26. The van der Waals surface area contributed by atoms with Crippen LogP contribution in [0.15, 0.2) is 0 Å². The third kappa shape index (κ3) is 3.69. The normalized spacial score (nSPS) is 29.8. The number of ether oxygens (including phenoxy) is 1. The van der Waals surface area contributed by atoms with Crippen molar-refractivity contribution in [2.24, 2.45) is 0 Å². The molecule has 1 amide bonds. The second-order valence-electron chi connectivity index (χ2n) is 5.63. The molecular weight excluding hydrogens is 228 g/mol. The molecule has 2 saturated heterocycles. The molecule has 0 bridgehead atoms. The summed E-state index contributed by atoms with van der Waals surface area (Å²) < 4.78 is 5.75. The van der Waals surface area contributed by atoms with Crippen molar-refractivity contribution in [2.45, 2.75) is 63.7 Å². The lowest BCUT2D eigenvalue weighted by Gasteiger charge is -2.32. The molecule has 2 unspecified atom stereocenters. The van der Waals surface area contributed by atoms with Crippen molar-refractivity contribution in [3.63, 3.8) is 0 Å². The van der Waals surface area contributed by atoms with E-state index < -0.39 is 0 Å². The molecule has 18 heavy (non-hydrogen) atoms. The van der Waals surface area contributed by atoms with Gasteiger partial charge in [0, 0.05) is 25.6 Å². The van der Waals surface area contributed by atoms with E-state index in [1.54, 1.807) is 0 Å². The molecule has 1 N–H and O–H groups in total. The van der Waals surface area contributed by atoms with Crippen LogP contribution in [0.1, 0.15) is 45.4 Å². The van der Waals surface area contributed by atoms with E-state index >= 15 is 0 Å². The highest BCUT2D eigenvalue weighted by Crippen LogP contribution is 2.23. The van der Waals surface area contributed by atoms with Crippen LogP contribution in [0.2, 0.25) is 0 Å². The van der Waals surface area contributed by atoms with Gasteiger partial charge in [-0.3, -0.25) is 4.79 Å². The first-order valence-electron chi connectivity index (χ1n) is 7.29. The molecule has 2 aliphatic heterocycles. The number of rotatable bonds is 4. The van der Waals surface area contributed by atoms with E-state index in [0.717, 1.165) is 45.2 Å². The van der Waals surface area contributed by atoms with Crippen LogP contribution in [-0.4, -0.2) is 49.2 Å². The van der Waals surface area contributed by atoms with Crippen molar-refractivity contribution >= 4 is 5.91 Å². The molecule has 0 aromatic carbocycles. The summed E-state index contributed by atoms with van der Waals surface area (Å²) in [6.45, 7) is 3.93. The highest BCUT2D eigenvalue weighted by Gasteiger charge is 2.25. The zero-order valence-corrected chi connectivity index (χ0v) is 11.7. The van der Waals surface area contributed by atoms with Gasteiger partial charge in [0.15, 0.2) is 0 Å². The van der Waals surface area contributed by atoms with Gasteiger partial charge in [0.1, 0.15) is 0 Å². The molecule has 0 radical (unpaired) electrons. The maximum Gasteiger partial charge on any atom is 0.222 e. The Hall–Kier alpha value is -0.610. The Labute approximate surface area is 110 Å². The van der Waals surface area contributed by atoms with E-state index in [2.05, 4.69) is 12.2 Å². The van der Waals surface area contributed by atoms with Crippen LogP contribution in [0.5, 0.6) is 0 Å². The van der Waals surface area contributed by atoms with Crippen molar-refractivity contribution in [1.29, 1.82) is 0 Å². The Morgan fingerprint density at radius 1 is 1.28 bits per heavy atom. The van der Waals surface area contributed by atoms with Gasteiger partial charge in [0.2, 0.25) is 5.91 Å². The molecule has 0 aromatic rings. The van der Waals surface area contributed by atoms with Gasteiger partial charge in [-0.1, -0.05) is 0 Å². The predicted molar refractivity (Wildman–Crippen MR) is 71.5 cm³/mol. The number of carbonyl (C=O) groups excluding carboxylic acids is 1. The zero-order chi connectivity index (χ0) is 13.0. The van der Waals surface area contributed by atoms with Crippen LogP contribution in [0.3, 0.4) is 0 Å². The Balaban J connectivity index is 1.66. The summed E-state index contributed by atoms with van der Waals surface area (Å²) in [4.78, 5) is 14.1. The fourth-order valence-electron chi connectivity index (χ4n) is 2.96. The van der Waals surface area contributed by atoms with Crippen LogP contribution in [0.25, 0.3) is 0 Å². The Kier molecular flexibility index (Phi) is 5.01. The van der Waals surface area contributed by atoms with Gasteiger partial charge in [0.05, 0.1) is 12.2 Å². The number of hydrogen-bond donors (Lipinski definition) is 1. The summed E-state index contributed by atoms with van der Waals surface area (Å²) >= 11 is 0. The summed E-state index contributed by atoms with van der Waals surface area (Å²) in [5.74, 6) is 0.313. The summed E-state index contributed by atoms with van der Waals surface area (Å²) in [5, 5.41) is 3.29. The largest absolute Gasteiger partial charge is 0.375 e. The van der Waals surface area contributed by atoms with Crippen molar-refractivity contribution in [1.82, 2.24) is 10.2 Å². The second kappa shape index (κ2) is 6.53. The van der Waals surface area contributed by atoms with Gasteiger partial charge in [-0.2, -0.15) is 0 Å². The minimum Gasteiger partial charge on any atom is -0.375 e. The van der Waals surface area contributed by atoms with Crippen LogP contribution < -0.4 is 5.32 Å². The lowest BCUT2D eigenvalue weighted by molar-refractivity contribution is -0.133. The summed E-state index contributed by atoms with van der Waals surface area (Å²) in [5.41, 5.74) is 0. The average Bonchev–Trinajstić information content (AvgIpc) is 2.82. The van der Waals surface area contributed by atoms with E-state index in [1.165, 1.54) is 0 Å². The van der Waals surface area contributed by atoms with Crippen LogP contribution in [-0.2, 0) is 9.53 Å². The van der Waals surface area contributed by atoms with Crippen molar-refractivity contribution in [3.05, 3.63) is 0 Å². The van der Waals surface area contributed by atoms with Crippen molar-refractivity contribution in [3.8, 4) is 0 Å². The highest BCUT2D eigenvalue weighted by molar-refractivity contribution is 5.76. The Morgan fingerprint density at radius 3 is 2.56 bits per heavy atom. The number of nitrogens with zero attached hydrogens (tertiary/aromatic N) is 1. The topological polar surface area (TPSA) is 41.6 Å². The SMILES string of the molecule is CNC1CCN(C(=O)CCC2CCC(C)O2)CC1. The number of amides is 1. The maximum absolute atomic E-state index is 12.1. The van der Waals surface area contributed by atoms with E-state index in [-0.39, 0.29) is 0 Å². The number of piperidine rings is 1. The van der Waals surface area contributed by atoms with E-state index in [4.69, 9.17) is 4.74 Å². The molecule has 0 aromatic heterocycles. The van der Waals surface area contributed by atoms with Gasteiger partial charge in [-0.25, -0.2) is 0 Å². The van der Waals surface area contributed by atoms with Crippen molar-refractivity contribution < 1.29 is 9.53 Å². The minimum absolute atomic E-state index is 0.313. The molecule has 104 valence electrons. The van der Waals surface area contributed by atoms with Gasteiger partial charge in [-0.15, -0.1) is 0 Å². The van der Waals surface area contributed by atoms with E-state index in [0.29, 0.717) is 30.6 Å². The molecule has 0 spiro atoms. The summed E-state index contributed by atoms with van der Waals surface area (Å²) in [7, 11) is 2.00. The fourth-order valence-corrected chi connectivity index (χ4v) is 2.96. The maximum atomic E-state index is 12.1. The molecule has 0 saturated carbocycles. The molecule has 0 aliphatic carbocycles. The molecule has 2 aliphatic rings. The Bertz CT molecular complexity index is 275. The molecule has 4 nitrogen and oxygen atoms in total. The Morgan fingerprint density at radius 2 is 2.00 bits per heavy atom. The van der Waals surface area contributed by atoms with Gasteiger partial charge in [0.25, 0.3) is 0 Å². The first-order valence-corrected chi connectivity index (χ1v) is 7.29. The van der Waals surface area contributed by atoms with E-state index in [1.807, 2.05) is 11.9 Å². The lowest BCUT2D eigenvalue weighted by Crippen LogP contribution is -2.44. The average molecular weight is 254 g/mol. The predicted octanol–water partition coefficient (Wildman–Crippen LogP) is 1.54. The van der Waals surface area contributed by atoms with Crippen LogP contribution >= 0.6 is 0 Å². The third-order valence-corrected chi connectivity index (χ3v) is 4.26. The molecular formula is C14H26N2O2. The lowest BCUT2D eigenvalue weighted by atomic mass is 10.0. The highest BCUT2D eigenvalue weighted by atomic mass is 16.5. The standard InChI is InChI=1S/C14H26N2O2/c1-11-3-4-13(18-11)5-6-14(17)16-9-7-12(15-2)8-10-16/h11-13,15H,3-10H2,1-2H3. The molecule has 4 heteroatoms. The molecule has 2 atom stereocenters. The quantitative estimate of drug-likeness (QED) is 0.827. The van der Waals surface area contributed by atoms with Gasteiger partial charge < -0.3 is 15.0 Å². The number of likely N-dealkylation sites (tertiary alicyclic amines) is 1. The van der Waals surface area contributed by atoms with Crippen molar-refractivity contribution in [2.75, 3.05) is 20.1 Å². The first kappa shape index (κ1) is 13.8. The van der Waals surface area contributed by atoms with Gasteiger partial charge in [-0.05, 0) is 46.1 Å². The first-order chi connectivity index (χ1) is 8.69. The smallest absolute Gasteiger partial charge is 0.222 e. The summed E-state index contributed by atoms with van der Waals surface area (Å²) in [6, 6.07) is 0.591. The number of hydrogen-bond acceptors (Lipinski definition) is 3. The zero-order valence-electron chi connectivity index (χ0n) is 11.7. The molecule has 2 fully saturated rings. The molecule has 2 rings (SSSR count). The van der Waals surface area contributed by atoms with Crippen LogP contribution in [0.4, 0.5) is 0 Å². The number of nitrogens with one attached hydrogen (secondary N) is 1. The minimum atomic E-state index is 0.313. The monoisotopic (exact) mass is 254 g/mol. The van der Waals surface area contributed by atoms with Crippen LogP contribution in [0, 0.1) is 0 Å².